The lowest BCUT2D eigenvalue weighted by molar-refractivity contribution is 0.0598. The first-order valence-corrected chi connectivity index (χ1v) is 9.47. The summed E-state index contributed by atoms with van der Waals surface area (Å²) in [6.45, 7) is 6.87. The summed E-state index contributed by atoms with van der Waals surface area (Å²) in [7, 11) is 3.23. The van der Waals surface area contributed by atoms with Crippen molar-refractivity contribution in [3.63, 3.8) is 0 Å². The maximum atomic E-state index is 13.1. The summed E-state index contributed by atoms with van der Waals surface area (Å²) in [5, 5.41) is 13.2. The van der Waals surface area contributed by atoms with Crippen molar-refractivity contribution < 1.29 is 24.1 Å². The summed E-state index contributed by atoms with van der Waals surface area (Å²) >= 11 is 0. The Kier molecular flexibility index (Phi) is 8.34. The molecule has 0 saturated carbocycles. The fraction of sp³-hybridized carbons (Fsp3) is 0.650. The van der Waals surface area contributed by atoms with Gasteiger partial charge in [-0.3, -0.25) is 4.79 Å². The molecule has 1 amide bonds. The fourth-order valence-corrected chi connectivity index (χ4v) is 3.16. The van der Waals surface area contributed by atoms with Crippen LogP contribution in [-0.2, 0) is 4.74 Å². The van der Waals surface area contributed by atoms with Crippen molar-refractivity contribution in [3.8, 4) is 11.5 Å². The Bertz CT molecular complexity index is 608. The summed E-state index contributed by atoms with van der Waals surface area (Å²) in [5.74, 6) is 1.11. The molecule has 7 heteroatoms. The second-order valence-corrected chi connectivity index (χ2v) is 7.10. The standard InChI is InChI=1S/C20H32N2O5/c1-14(2)22(13-16-11-21-12-17(16)23)20(24)15-6-7-18(26-4)19(10-15)27-9-5-8-25-3/h6-7,10,14,16-17,21,23H,5,8-9,11-13H2,1-4H3/t16-,17?/m0/s1. The van der Waals surface area contributed by atoms with Crippen LogP contribution in [0.4, 0.5) is 0 Å². The van der Waals surface area contributed by atoms with Crippen LogP contribution in [0.3, 0.4) is 0 Å². The maximum absolute atomic E-state index is 13.1. The lowest BCUT2D eigenvalue weighted by Crippen LogP contribution is -2.43. The van der Waals surface area contributed by atoms with Crippen LogP contribution in [0.1, 0.15) is 30.6 Å². The number of nitrogens with zero attached hydrogens (tertiary/aromatic N) is 1. The number of β-amino-alcohol motifs (C(OH)–C–C–N with tert-alkyl or cyclic N) is 1. The fourth-order valence-electron chi connectivity index (χ4n) is 3.16. The number of amides is 1. The predicted octanol–water partition coefficient (Wildman–Crippen LogP) is 1.54. The number of hydrogen-bond acceptors (Lipinski definition) is 6. The van der Waals surface area contributed by atoms with E-state index in [0.29, 0.717) is 49.9 Å². The second kappa shape index (κ2) is 10.5. The molecule has 0 radical (unpaired) electrons. The first-order valence-electron chi connectivity index (χ1n) is 9.47. The van der Waals surface area contributed by atoms with E-state index in [0.717, 1.165) is 6.42 Å². The molecule has 7 nitrogen and oxygen atoms in total. The number of aliphatic hydroxyl groups is 1. The largest absolute Gasteiger partial charge is 0.493 e. The zero-order valence-electron chi connectivity index (χ0n) is 16.7. The third-order valence-corrected chi connectivity index (χ3v) is 4.78. The summed E-state index contributed by atoms with van der Waals surface area (Å²) in [4.78, 5) is 14.9. The summed E-state index contributed by atoms with van der Waals surface area (Å²) in [5.41, 5.74) is 0.548. The molecule has 0 bridgehead atoms. The van der Waals surface area contributed by atoms with E-state index in [1.165, 1.54) is 0 Å². The lowest BCUT2D eigenvalue weighted by atomic mass is 10.0. The van der Waals surface area contributed by atoms with E-state index in [4.69, 9.17) is 14.2 Å². The molecule has 1 heterocycles. The van der Waals surface area contributed by atoms with Gasteiger partial charge in [0.2, 0.25) is 0 Å². The third-order valence-electron chi connectivity index (χ3n) is 4.78. The van der Waals surface area contributed by atoms with E-state index in [9.17, 15) is 9.90 Å². The quantitative estimate of drug-likeness (QED) is 0.600. The zero-order chi connectivity index (χ0) is 19.8. The van der Waals surface area contributed by atoms with E-state index in [1.54, 1.807) is 37.3 Å². The molecule has 1 aliphatic rings. The molecule has 2 N–H and O–H groups in total. The Balaban J connectivity index is 2.14. The van der Waals surface area contributed by atoms with Gasteiger partial charge in [0.05, 0.1) is 19.8 Å². The average molecular weight is 380 g/mol. The number of aliphatic hydroxyl groups excluding tert-OH is 1. The van der Waals surface area contributed by atoms with Crippen molar-refractivity contribution in [1.82, 2.24) is 10.2 Å². The van der Waals surface area contributed by atoms with Crippen LogP contribution in [0.25, 0.3) is 0 Å². The number of carbonyl (C=O) groups is 1. The molecular formula is C20H32N2O5. The molecule has 0 aliphatic carbocycles. The number of nitrogens with one attached hydrogen (secondary N) is 1. The van der Waals surface area contributed by atoms with Crippen molar-refractivity contribution in [1.29, 1.82) is 0 Å². The van der Waals surface area contributed by atoms with Crippen LogP contribution in [-0.4, -0.2) is 75.1 Å². The van der Waals surface area contributed by atoms with Gasteiger partial charge in [-0.25, -0.2) is 0 Å². The van der Waals surface area contributed by atoms with Gasteiger partial charge >= 0.3 is 0 Å². The predicted molar refractivity (Wildman–Crippen MR) is 104 cm³/mol. The highest BCUT2D eigenvalue weighted by molar-refractivity contribution is 5.95. The van der Waals surface area contributed by atoms with E-state index in [-0.39, 0.29) is 17.9 Å². The molecule has 27 heavy (non-hydrogen) atoms. The first kappa shape index (κ1) is 21.5. The first-order chi connectivity index (χ1) is 13.0. The number of ether oxygens (including phenoxy) is 3. The highest BCUT2D eigenvalue weighted by Crippen LogP contribution is 2.29. The number of carbonyl (C=O) groups excluding carboxylic acids is 1. The SMILES string of the molecule is COCCCOc1cc(C(=O)N(C[C@@H]2CNCC2O)C(C)C)ccc1OC. The van der Waals surface area contributed by atoms with Crippen LogP contribution in [0.15, 0.2) is 18.2 Å². The highest BCUT2D eigenvalue weighted by Gasteiger charge is 2.30. The normalized spacial score (nSPS) is 19.3. The van der Waals surface area contributed by atoms with E-state index in [2.05, 4.69) is 5.32 Å². The molecule has 0 aromatic heterocycles. The Morgan fingerprint density at radius 1 is 1.26 bits per heavy atom. The highest BCUT2D eigenvalue weighted by atomic mass is 16.5. The summed E-state index contributed by atoms with van der Waals surface area (Å²) in [6.07, 6.45) is 0.331. The summed E-state index contributed by atoms with van der Waals surface area (Å²) < 4.78 is 16.2. The number of hydrogen-bond donors (Lipinski definition) is 2. The number of rotatable bonds is 10. The molecule has 1 saturated heterocycles. The van der Waals surface area contributed by atoms with Gasteiger partial charge in [0.25, 0.3) is 5.91 Å². The maximum Gasteiger partial charge on any atom is 0.254 e. The van der Waals surface area contributed by atoms with Gasteiger partial charge in [-0.1, -0.05) is 0 Å². The van der Waals surface area contributed by atoms with Gasteiger partial charge in [-0.2, -0.15) is 0 Å². The van der Waals surface area contributed by atoms with Crippen molar-refractivity contribution in [2.75, 3.05) is 47.1 Å². The molecule has 2 rings (SSSR count). The monoisotopic (exact) mass is 380 g/mol. The van der Waals surface area contributed by atoms with Crippen LogP contribution >= 0.6 is 0 Å². The van der Waals surface area contributed by atoms with Gasteiger partial charge in [0, 0.05) is 57.3 Å². The van der Waals surface area contributed by atoms with Gasteiger partial charge in [0.15, 0.2) is 11.5 Å². The van der Waals surface area contributed by atoms with Crippen LogP contribution in [0.2, 0.25) is 0 Å². The van der Waals surface area contributed by atoms with E-state index < -0.39 is 6.10 Å². The van der Waals surface area contributed by atoms with Gasteiger partial charge < -0.3 is 29.5 Å². The van der Waals surface area contributed by atoms with Crippen molar-refractivity contribution in [2.24, 2.45) is 5.92 Å². The average Bonchev–Trinajstić information content (AvgIpc) is 3.07. The Morgan fingerprint density at radius 2 is 2.04 bits per heavy atom. The third kappa shape index (κ3) is 5.82. The Labute approximate surface area is 161 Å². The smallest absolute Gasteiger partial charge is 0.254 e. The van der Waals surface area contributed by atoms with Crippen molar-refractivity contribution in [2.45, 2.75) is 32.4 Å². The lowest BCUT2D eigenvalue weighted by Gasteiger charge is -2.30. The zero-order valence-corrected chi connectivity index (χ0v) is 16.7. The summed E-state index contributed by atoms with van der Waals surface area (Å²) in [6, 6.07) is 5.26. The number of methoxy groups -OCH3 is 2. The van der Waals surface area contributed by atoms with Gasteiger partial charge in [0.1, 0.15) is 0 Å². The van der Waals surface area contributed by atoms with Crippen LogP contribution in [0.5, 0.6) is 11.5 Å². The van der Waals surface area contributed by atoms with Crippen LogP contribution < -0.4 is 14.8 Å². The molecule has 0 spiro atoms. The number of benzene rings is 1. The van der Waals surface area contributed by atoms with Gasteiger partial charge in [-0.05, 0) is 32.0 Å². The van der Waals surface area contributed by atoms with E-state index in [1.807, 2.05) is 13.8 Å². The van der Waals surface area contributed by atoms with Crippen LogP contribution in [0, 0.1) is 5.92 Å². The second-order valence-electron chi connectivity index (χ2n) is 7.10. The molecule has 1 aromatic carbocycles. The Hall–Kier alpha value is -1.83. The minimum atomic E-state index is -0.422. The molecule has 1 aromatic rings. The molecule has 1 aliphatic heterocycles. The minimum Gasteiger partial charge on any atom is -0.493 e. The molecule has 2 atom stereocenters. The van der Waals surface area contributed by atoms with Crippen molar-refractivity contribution in [3.05, 3.63) is 23.8 Å². The molecule has 152 valence electrons. The topological polar surface area (TPSA) is 80.3 Å². The molecule has 1 fully saturated rings. The molecule has 1 unspecified atom stereocenters. The minimum absolute atomic E-state index is 0.0264. The van der Waals surface area contributed by atoms with E-state index >= 15 is 0 Å². The molecular weight excluding hydrogens is 348 g/mol. The van der Waals surface area contributed by atoms with Crippen molar-refractivity contribution >= 4 is 5.91 Å². The van der Waals surface area contributed by atoms with Gasteiger partial charge in [-0.15, -0.1) is 0 Å². The Morgan fingerprint density at radius 3 is 2.63 bits per heavy atom.